The predicted octanol–water partition coefficient (Wildman–Crippen LogP) is 2.19. The number of imidazole rings is 1. The topological polar surface area (TPSA) is 94.8 Å². The van der Waals surface area contributed by atoms with Crippen molar-refractivity contribution in [3.05, 3.63) is 30.5 Å². The van der Waals surface area contributed by atoms with Gasteiger partial charge in [0.1, 0.15) is 5.82 Å². The van der Waals surface area contributed by atoms with Gasteiger partial charge in [-0.2, -0.15) is 5.10 Å². The second kappa shape index (κ2) is 7.98. The van der Waals surface area contributed by atoms with E-state index in [-0.39, 0.29) is 0 Å². The fourth-order valence-electron chi connectivity index (χ4n) is 4.10. The van der Waals surface area contributed by atoms with E-state index in [1.165, 1.54) is 0 Å². The molecule has 0 unspecified atom stereocenters. The number of aliphatic hydroxyl groups is 1. The van der Waals surface area contributed by atoms with Gasteiger partial charge in [-0.25, -0.2) is 4.98 Å². The first kappa shape index (κ1) is 20.2. The van der Waals surface area contributed by atoms with E-state index in [0.717, 1.165) is 22.4 Å². The van der Waals surface area contributed by atoms with Gasteiger partial charge in [-0.1, -0.05) is 0 Å². The maximum Gasteiger partial charge on any atom is 0.204 e. The van der Waals surface area contributed by atoms with Crippen molar-refractivity contribution in [1.82, 2.24) is 19.7 Å². The Morgan fingerprint density at radius 3 is 2.40 bits per heavy atom. The third-order valence-electron chi connectivity index (χ3n) is 5.83. The number of piperidine rings is 1. The van der Waals surface area contributed by atoms with Crippen LogP contribution in [0.5, 0.6) is 17.2 Å². The molecule has 0 radical (unpaired) electrons. The molecule has 0 saturated carbocycles. The standard InChI is InChI=1S/C21H27N5O4/c1-14-22-7-10-26(14)13-21(27)5-8-25(9-6-21)20-15-11-17(28-2)19(30-4)18(29-3)16(15)12-23-24-20/h7,10-12,27H,5-6,8-9,13H2,1-4H3. The number of hydrogen-bond donors (Lipinski definition) is 1. The third kappa shape index (κ3) is 3.49. The van der Waals surface area contributed by atoms with Crippen LogP contribution in [-0.4, -0.2) is 64.9 Å². The highest BCUT2D eigenvalue weighted by molar-refractivity contribution is 5.99. The lowest BCUT2D eigenvalue weighted by Crippen LogP contribution is -2.47. The SMILES string of the molecule is COc1cc2c(N3CCC(O)(Cn4ccnc4C)CC3)nncc2c(OC)c1OC. The minimum absolute atomic E-state index is 0.523. The van der Waals surface area contributed by atoms with Crippen LogP contribution in [0.25, 0.3) is 10.8 Å². The summed E-state index contributed by atoms with van der Waals surface area (Å²) < 4.78 is 18.6. The van der Waals surface area contributed by atoms with Gasteiger partial charge in [-0.3, -0.25) is 0 Å². The molecule has 0 atom stereocenters. The minimum Gasteiger partial charge on any atom is -0.493 e. The first-order chi connectivity index (χ1) is 14.5. The first-order valence-electron chi connectivity index (χ1n) is 9.89. The van der Waals surface area contributed by atoms with Gasteiger partial charge in [-0.05, 0) is 25.8 Å². The lowest BCUT2D eigenvalue weighted by molar-refractivity contribution is -0.000639. The van der Waals surface area contributed by atoms with Crippen molar-refractivity contribution >= 4 is 16.6 Å². The van der Waals surface area contributed by atoms with Crippen LogP contribution in [0.4, 0.5) is 5.82 Å². The molecule has 30 heavy (non-hydrogen) atoms. The molecule has 9 heteroatoms. The molecule has 1 saturated heterocycles. The van der Waals surface area contributed by atoms with Crippen LogP contribution in [0.15, 0.2) is 24.7 Å². The van der Waals surface area contributed by atoms with E-state index in [1.807, 2.05) is 23.8 Å². The summed E-state index contributed by atoms with van der Waals surface area (Å²) in [5, 5.41) is 21.4. The third-order valence-corrected chi connectivity index (χ3v) is 5.83. The quantitative estimate of drug-likeness (QED) is 0.657. The predicted molar refractivity (Wildman–Crippen MR) is 113 cm³/mol. The number of fused-ring (bicyclic) bond motifs is 1. The number of methoxy groups -OCH3 is 3. The van der Waals surface area contributed by atoms with Crippen LogP contribution in [0.1, 0.15) is 18.7 Å². The monoisotopic (exact) mass is 413 g/mol. The summed E-state index contributed by atoms with van der Waals surface area (Å²) >= 11 is 0. The summed E-state index contributed by atoms with van der Waals surface area (Å²) in [6, 6.07) is 1.90. The van der Waals surface area contributed by atoms with Gasteiger partial charge in [0.2, 0.25) is 5.75 Å². The summed E-state index contributed by atoms with van der Waals surface area (Å²) in [5.41, 5.74) is -0.779. The highest BCUT2D eigenvalue weighted by Gasteiger charge is 2.34. The van der Waals surface area contributed by atoms with Crippen molar-refractivity contribution in [2.75, 3.05) is 39.3 Å². The largest absolute Gasteiger partial charge is 0.493 e. The highest BCUT2D eigenvalue weighted by atomic mass is 16.5. The van der Waals surface area contributed by atoms with E-state index < -0.39 is 5.60 Å². The Morgan fingerprint density at radius 1 is 1.07 bits per heavy atom. The van der Waals surface area contributed by atoms with Crippen LogP contribution in [-0.2, 0) is 6.54 Å². The van der Waals surface area contributed by atoms with Crippen molar-refractivity contribution in [2.24, 2.45) is 0 Å². The zero-order chi connectivity index (χ0) is 21.3. The van der Waals surface area contributed by atoms with Gasteiger partial charge >= 0.3 is 0 Å². The molecule has 0 bridgehead atoms. The molecule has 0 aliphatic carbocycles. The van der Waals surface area contributed by atoms with Gasteiger partial charge < -0.3 is 28.8 Å². The molecule has 160 valence electrons. The number of benzene rings is 1. The fourth-order valence-corrected chi connectivity index (χ4v) is 4.10. The van der Waals surface area contributed by atoms with Gasteiger partial charge in [0.25, 0.3) is 0 Å². The van der Waals surface area contributed by atoms with Gasteiger partial charge in [-0.15, -0.1) is 5.10 Å². The molecule has 1 aliphatic rings. The Hall–Kier alpha value is -3.07. The molecular weight excluding hydrogens is 386 g/mol. The van der Waals surface area contributed by atoms with Crippen LogP contribution >= 0.6 is 0 Å². The second-order valence-corrected chi connectivity index (χ2v) is 7.59. The normalized spacial score (nSPS) is 16.0. The van der Waals surface area contributed by atoms with Crippen LogP contribution in [0, 0.1) is 6.92 Å². The molecule has 0 spiro atoms. The maximum atomic E-state index is 11.1. The summed E-state index contributed by atoms with van der Waals surface area (Å²) in [4.78, 5) is 6.39. The Balaban J connectivity index is 1.64. The highest BCUT2D eigenvalue weighted by Crippen LogP contribution is 2.45. The molecule has 9 nitrogen and oxygen atoms in total. The van der Waals surface area contributed by atoms with Crippen molar-refractivity contribution < 1.29 is 19.3 Å². The average molecular weight is 413 g/mol. The summed E-state index contributed by atoms with van der Waals surface area (Å²) in [6.45, 7) is 3.80. The molecule has 2 aromatic heterocycles. The Morgan fingerprint density at radius 2 is 1.80 bits per heavy atom. The smallest absolute Gasteiger partial charge is 0.204 e. The summed E-state index contributed by atoms with van der Waals surface area (Å²) in [6.07, 6.45) is 6.57. The molecule has 0 amide bonds. The maximum absolute atomic E-state index is 11.1. The lowest BCUT2D eigenvalue weighted by atomic mass is 9.91. The zero-order valence-corrected chi connectivity index (χ0v) is 17.8. The Kier molecular flexibility index (Phi) is 5.38. The molecule has 4 rings (SSSR count). The Bertz CT molecular complexity index is 1040. The zero-order valence-electron chi connectivity index (χ0n) is 17.8. The molecular formula is C21H27N5O4. The van der Waals surface area contributed by atoms with E-state index in [2.05, 4.69) is 20.1 Å². The van der Waals surface area contributed by atoms with E-state index in [0.29, 0.717) is 49.7 Å². The number of aromatic nitrogens is 4. The van der Waals surface area contributed by atoms with Crippen molar-refractivity contribution in [3.8, 4) is 17.2 Å². The number of rotatable bonds is 6. The lowest BCUT2D eigenvalue weighted by Gasteiger charge is -2.39. The fraction of sp³-hybridized carbons (Fsp3) is 0.476. The van der Waals surface area contributed by atoms with Crippen molar-refractivity contribution in [1.29, 1.82) is 0 Å². The molecule has 1 fully saturated rings. The number of anilines is 1. The number of hydrogen-bond acceptors (Lipinski definition) is 8. The molecule has 3 heterocycles. The van der Waals surface area contributed by atoms with E-state index in [4.69, 9.17) is 14.2 Å². The molecule has 1 N–H and O–H groups in total. The number of nitrogens with zero attached hydrogens (tertiary/aromatic N) is 5. The molecule has 1 aromatic carbocycles. The number of aryl methyl sites for hydroxylation is 1. The second-order valence-electron chi connectivity index (χ2n) is 7.59. The first-order valence-corrected chi connectivity index (χ1v) is 9.89. The minimum atomic E-state index is -0.779. The van der Waals surface area contributed by atoms with Crippen LogP contribution < -0.4 is 19.1 Å². The van der Waals surface area contributed by atoms with E-state index in [1.54, 1.807) is 33.7 Å². The van der Waals surface area contributed by atoms with Crippen LogP contribution in [0.3, 0.4) is 0 Å². The molecule has 3 aromatic rings. The van der Waals surface area contributed by atoms with Crippen molar-refractivity contribution in [2.45, 2.75) is 31.9 Å². The van der Waals surface area contributed by atoms with Crippen LogP contribution in [0.2, 0.25) is 0 Å². The summed E-state index contributed by atoms with van der Waals surface area (Å²) in [5.74, 6) is 3.30. The van der Waals surface area contributed by atoms with E-state index >= 15 is 0 Å². The van der Waals surface area contributed by atoms with Gasteiger partial charge in [0, 0.05) is 30.9 Å². The Labute approximate surface area is 175 Å². The van der Waals surface area contributed by atoms with Gasteiger partial charge in [0.15, 0.2) is 17.3 Å². The summed E-state index contributed by atoms with van der Waals surface area (Å²) in [7, 11) is 4.77. The average Bonchev–Trinajstić information content (AvgIpc) is 3.16. The van der Waals surface area contributed by atoms with E-state index in [9.17, 15) is 5.11 Å². The molecule has 1 aliphatic heterocycles. The van der Waals surface area contributed by atoms with Crippen molar-refractivity contribution in [3.63, 3.8) is 0 Å². The number of ether oxygens (including phenoxy) is 3. The van der Waals surface area contributed by atoms with Gasteiger partial charge in [0.05, 0.1) is 45.1 Å².